The van der Waals surface area contributed by atoms with Crippen LogP contribution < -0.4 is 4.74 Å². The summed E-state index contributed by atoms with van der Waals surface area (Å²) >= 11 is 0. The lowest BCUT2D eigenvalue weighted by Crippen LogP contribution is -1.64. The summed E-state index contributed by atoms with van der Waals surface area (Å²) in [7, 11) is 0. The van der Waals surface area contributed by atoms with Crippen LogP contribution >= 0.6 is 0 Å². The van der Waals surface area contributed by atoms with Gasteiger partial charge in [-0.05, 0) is 19.1 Å². The molecule has 1 aliphatic rings. The standard InChI is InChI=1S/C7H6O2.CH2O/c1-4-5(8)2-3-6-7(4)9-6;1-2/h2-3,8H,1H3;1H2. The molecule has 3 nitrogen and oxygen atoms in total. The Morgan fingerprint density at radius 3 is 2.64 bits per heavy atom. The van der Waals surface area contributed by atoms with E-state index in [1.165, 1.54) is 0 Å². The number of phenolic OH excluding ortho intramolecular Hbond substituents is 1. The van der Waals surface area contributed by atoms with E-state index in [2.05, 4.69) is 0 Å². The minimum Gasteiger partial charge on any atom is -0.508 e. The maximum atomic E-state index is 9.05. The Balaban J connectivity index is 0.000000281. The van der Waals surface area contributed by atoms with E-state index < -0.39 is 0 Å². The molecule has 0 aromatic heterocycles. The minimum atomic E-state index is 0.311. The third-order valence-corrected chi connectivity index (χ3v) is 1.51. The van der Waals surface area contributed by atoms with Crippen LogP contribution in [0.4, 0.5) is 0 Å². The summed E-state index contributed by atoms with van der Waals surface area (Å²) in [4.78, 5) is 8.00. The summed E-state index contributed by atoms with van der Waals surface area (Å²) in [6, 6.07) is 3.40. The van der Waals surface area contributed by atoms with Crippen LogP contribution in [0.2, 0.25) is 0 Å². The largest absolute Gasteiger partial charge is 0.508 e. The highest BCUT2D eigenvalue weighted by molar-refractivity contribution is 5.62. The van der Waals surface area contributed by atoms with Crippen LogP contribution in [0.15, 0.2) is 12.1 Å². The Hall–Kier alpha value is -1.51. The Labute approximate surface area is 64.2 Å². The van der Waals surface area contributed by atoms with Crippen molar-refractivity contribution < 1.29 is 14.6 Å². The predicted octanol–water partition coefficient (Wildman–Crippen LogP) is 1.62. The zero-order chi connectivity index (χ0) is 8.43. The molecule has 11 heavy (non-hydrogen) atoms. The van der Waals surface area contributed by atoms with Crippen molar-refractivity contribution in [3.63, 3.8) is 0 Å². The van der Waals surface area contributed by atoms with Gasteiger partial charge in [0.15, 0.2) is 11.5 Å². The van der Waals surface area contributed by atoms with Crippen molar-refractivity contribution in [3.8, 4) is 17.2 Å². The Bertz CT molecular complexity index is 277. The molecule has 3 heteroatoms. The zero-order valence-electron chi connectivity index (χ0n) is 6.13. The highest BCUT2D eigenvalue weighted by atomic mass is 16.6. The lowest BCUT2D eigenvalue weighted by molar-refractivity contribution is -0.0979. The van der Waals surface area contributed by atoms with Crippen LogP contribution in [0.1, 0.15) is 5.56 Å². The van der Waals surface area contributed by atoms with Gasteiger partial charge in [0.25, 0.3) is 0 Å². The van der Waals surface area contributed by atoms with Gasteiger partial charge in [0.2, 0.25) is 0 Å². The van der Waals surface area contributed by atoms with Gasteiger partial charge in [-0.25, -0.2) is 0 Å². The van der Waals surface area contributed by atoms with Gasteiger partial charge in [-0.15, -0.1) is 0 Å². The fraction of sp³-hybridized carbons (Fsp3) is 0.125. The van der Waals surface area contributed by atoms with Crippen LogP contribution in [0.5, 0.6) is 17.2 Å². The number of hydrogen-bond acceptors (Lipinski definition) is 3. The van der Waals surface area contributed by atoms with Crippen molar-refractivity contribution in [2.45, 2.75) is 6.92 Å². The molecule has 1 aromatic rings. The smallest absolute Gasteiger partial charge is 0.176 e. The van der Waals surface area contributed by atoms with Crippen molar-refractivity contribution >= 4 is 6.79 Å². The molecule has 0 bridgehead atoms. The van der Waals surface area contributed by atoms with Crippen molar-refractivity contribution in [1.82, 2.24) is 0 Å². The Kier molecular flexibility index (Phi) is 1.81. The maximum absolute atomic E-state index is 9.05. The van der Waals surface area contributed by atoms with Crippen LogP contribution in [0.25, 0.3) is 0 Å². The molecule has 2 rings (SSSR count). The van der Waals surface area contributed by atoms with Gasteiger partial charge in [-0.3, -0.25) is 0 Å². The zero-order valence-corrected chi connectivity index (χ0v) is 6.13. The third kappa shape index (κ3) is 1.17. The Morgan fingerprint density at radius 2 is 2.09 bits per heavy atom. The first-order chi connectivity index (χ1) is 5.29. The molecule has 0 radical (unpaired) electrons. The topological polar surface area (TPSA) is 49.8 Å². The molecule has 0 saturated heterocycles. The fourth-order valence-electron chi connectivity index (χ4n) is 0.851. The summed E-state index contributed by atoms with van der Waals surface area (Å²) in [5.74, 6) is 2.05. The molecule has 0 spiro atoms. The number of aromatic hydroxyl groups is 1. The van der Waals surface area contributed by atoms with Crippen LogP contribution in [-0.4, -0.2) is 11.9 Å². The molecule has 0 unspecified atom stereocenters. The average Bonchev–Trinajstić information content (AvgIpc) is 2.81. The van der Waals surface area contributed by atoms with E-state index in [1.807, 2.05) is 13.7 Å². The van der Waals surface area contributed by atoms with Crippen molar-refractivity contribution in [1.29, 1.82) is 0 Å². The van der Waals surface area contributed by atoms with E-state index >= 15 is 0 Å². The molecule has 0 atom stereocenters. The number of phenols is 1. The van der Waals surface area contributed by atoms with E-state index in [0.29, 0.717) is 5.75 Å². The normalized spacial score (nSPS) is 10.3. The molecule has 0 aliphatic carbocycles. The quantitative estimate of drug-likeness (QED) is 0.583. The minimum absolute atomic E-state index is 0.311. The summed E-state index contributed by atoms with van der Waals surface area (Å²) < 4.78 is 4.99. The lowest BCUT2D eigenvalue weighted by Gasteiger charge is -1.88. The molecule has 0 fully saturated rings. The van der Waals surface area contributed by atoms with Gasteiger partial charge in [-0.2, -0.15) is 0 Å². The first-order valence-electron chi connectivity index (χ1n) is 3.08. The van der Waals surface area contributed by atoms with Gasteiger partial charge in [-0.1, -0.05) is 0 Å². The molecule has 58 valence electrons. The van der Waals surface area contributed by atoms with E-state index in [9.17, 15) is 0 Å². The first-order valence-corrected chi connectivity index (χ1v) is 3.08. The number of ether oxygens (including phenoxy) is 1. The number of carbonyl (C=O) groups excluding carboxylic acids is 1. The summed E-state index contributed by atoms with van der Waals surface area (Å²) in [6.45, 7) is 3.83. The van der Waals surface area contributed by atoms with Crippen LogP contribution in [0.3, 0.4) is 0 Å². The second-order valence-corrected chi connectivity index (χ2v) is 2.14. The van der Waals surface area contributed by atoms with Gasteiger partial charge < -0.3 is 14.6 Å². The van der Waals surface area contributed by atoms with Crippen LogP contribution in [0, 0.1) is 6.92 Å². The van der Waals surface area contributed by atoms with E-state index in [-0.39, 0.29) is 0 Å². The van der Waals surface area contributed by atoms with E-state index in [1.54, 1.807) is 12.1 Å². The van der Waals surface area contributed by atoms with Crippen LogP contribution in [-0.2, 0) is 4.79 Å². The number of benzene rings is 1. The van der Waals surface area contributed by atoms with Gasteiger partial charge in [0.05, 0.1) is 0 Å². The second kappa shape index (κ2) is 2.62. The summed E-state index contributed by atoms with van der Waals surface area (Å²) in [5, 5.41) is 9.05. The summed E-state index contributed by atoms with van der Waals surface area (Å²) in [6.07, 6.45) is 0. The van der Waals surface area contributed by atoms with Crippen molar-refractivity contribution in [3.05, 3.63) is 17.7 Å². The van der Waals surface area contributed by atoms with E-state index in [4.69, 9.17) is 14.6 Å². The van der Waals surface area contributed by atoms with Gasteiger partial charge >= 0.3 is 0 Å². The molecule has 0 amide bonds. The van der Waals surface area contributed by atoms with Crippen molar-refractivity contribution in [2.24, 2.45) is 0 Å². The molecule has 1 aliphatic heterocycles. The average molecular weight is 152 g/mol. The van der Waals surface area contributed by atoms with Gasteiger partial charge in [0, 0.05) is 5.56 Å². The summed E-state index contributed by atoms with van der Waals surface area (Å²) in [5.41, 5.74) is 0.840. The molecule has 1 N–H and O–H groups in total. The number of rotatable bonds is 0. The predicted molar refractivity (Wildman–Crippen MR) is 40.0 cm³/mol. The highest BCUT2D eigenvalue weighted by Gasteiger charge is 2.23. The maximum Gasteiger partial charge on any atom is 0.176 e. The highest BCUT2D eigenvalue weighted by Crippen LogP contribution is 2.50. The number of carbonyl (C=O) groups is 1. The second-order valence-electron chi connectivity index (χ2n) is 2.14. The monoisotopic (exact) mass is 152 g/mol. The number of fused-ring (bicyclic) bond motifs is 1. The van der Waals surface area contributed by atoms with Crippen molar-refractivity contribution in [2.75, 3.05) is 0 Å². The SMILES string of the molecule is C=O.Cc1c(O)ccc2c1O2. The molecular weight excluding hydrogens is 144 g/mol. The molecule has 1 heterocycles. The first kappa shape index (κ1) is 7.60. The molecular formula is C8H8O3. The lowest BCUT2D eigenvalue weighted by atomic mass is 10.2. The molecule has 0 saturated carbocycles. The fourth-order valence-corrected chi connectivity index (χ4v) is 0.851. The Morgan fingerprint density at radius 1 is 1.45 bits per heavy atom. The molecule has 1 aromatic carbocycles. The number of hydrogen-bond donors (Lipinski definition) is 1. The van der Waals surface area contributed by atoms with E-state index in [0.717, 1.165) is 17.1 Å². The van der Waals surface area contributed by atoms with Gasteiger partial charge in [0.1, 0.15) is 12.5 Å². The third-order valence-electron chi connectivity index (χ3n) is 1.51.